The van der Waals surface area contributed by atoms with Crippen LogP contribution in [0.15, 0.2) is 54.1 Å². The molecule has 1 aliphatic rings. The van der Waals surface area contributed by atoms with Crippen LogP contribution >= 0.6 is 0 Å². The van der Waals surface area contributed by atoms with Crippen molar-refractivity contribution in [1.82, 2.24) is 0 Å². The summed E-state index contributed by atoms with van der Waals surface area (Å²) in [5.74, 6) is 0.462. The van der Waals surface area contributed by atoms with E-state index in [9.17, 15) is 18.0 Å². The number of hydrogen-bond donors (Lipinski definition) is 0. The average molecular weight is 479 g/mol. The Labute approximate surface area is 197 Å². The monoisotopic (exact) mass is 478 g/mol. The van der Waals surface area contributed by atoms with Gasteiger partial charge in [0.2, 0.25) is 0 Å². The molecule has 1 fully saturated rings. The summed E-state index contributed by atoms with van der Waals surface area (Å²) in [6.07, 6.45) is -2.58. The lowest BCUT2D eigenvalue weighted by Crippen LogP contribution is -2.24. The van der Waals surface area contributed by atoms with Crippen LogP contribution in [0.5, 0.6) is 11.5 Å². The van der Waals surface area contributed by atoms with E-state index in [0.717, 1.165) is 23.3 Å². The molecule has 0 aromatic heterocycles. The van der Waals surface area contributed by atoms with Crippen molar-refractivity contribution < 1.29 is 36.9 Å². The van der Waals surface area contributed by atoms with Crippen molar-refractivity contribution in [2.75, 3.05) is 27.4 Å². The Bertz CT molecular complexity index is 1010. The highest BCUT2D eigenvalue weighted by atomic mass is 19.4. The minimum atomic E-state index is -4.38. The molecular formula is C26H29F3O5. The van der Waals surface area contributed by atoms with E-state index in [4.69, 9.17) is 18.9 Å². The Kier molecular flexibility index (Phi) is 8.25. The van der Waals surface area contributed by atoms with Crippen LogP contribution in [0.2, 0.25) is 0 Å². The summed E-state index contributed by atoms with van der Waals surface area (Å²) in [4.78, 5) is 12.3. The van der Waals surface area contributed by atoms with E-state index in [2.05, 4.69) is 0 Å². The number of allylic oxidation sites excluding steroid dienone is 1. The molecule has 2 aromatic rings. The average Bonchev–Trinajstić information content (AvgIpc) is 3.23. The summed E-state index contributed by atoms with van der Waals surface area (Å²) in [6, 6.07) is 10.6. The molecule has 1 aliphatic heterocycles. The molecule has 0 bridgehead atoms. The predicted octanol–water partition coefficient (Wildman–Crippen LogP) is 5.78. The summed E-state index contributed by atoms with van der Waals surface area (Å²) in [5, 5.41) is 0. The maximum atomic E-state index is 12.9. The molecule has 2 aromatic carbocycles. The minimum Gasteiger partial charge on any atom is -0.493 e. The van der Waals surface area contributed by atoms with Gasteiger partial charge in [-0.25, -0.2) is 4.79 Å². The number of ether oxygens (including phenoxy) is 4. The predicted molar refractivity (Wildman–Crippen MR) is 121 cm³/mol. The van der Waals surface area contributed by atoms with Gasteiger partial charge in [-0.1, -0.05) is 24.3 Å². The SMILES string of the molecule is C/C=C(/C)C(=O)OC[C@H]1[C@@H](Cc2ccc(C(F)(F)F)cc2)CO[C@@H]1c1ccc(OC)c(OC)c1. The van der Waals surface area contributed by atoms with E-state index >= 15 is 0 Å². The molecule has 0 N–H and O–H groups in total. The molecular weight excluding hydrogens is 449 g/mol. The molecule has 184 valence electrons. The Hall–Kier alpha value is -3.00. The lowest BCUT2D eigenvalue weighted by Gasteiger charge is -2.24. The third kappa shape index (κ3) is 5.91. The molecule has 0 saturated carbocycles. The third-order valence-corrected chi connectivity index (χ3v) is 6.16. The van der Waals surface area contributed by atoms with Gasteiger partial charge in [-0.2, -0.15) is 13.2 Å². The van der Waals surface area contributed by atoms with Gasteiger partial charge in [-0.05, 0) is 61.6 Å². The topological polar surface area (TPSA) is 54.0 Å². The number of methoxy groups -OCH3 is 2. The molecule has 8 heteroatoms. The van der Waals surface area contributed by atoms with Gasteiger partial charge in [-0.15, -0.1) is 0 Å². The van der Waals surface area contributed by atoms with Gasteiger partial charge in [0.1, 0.15) is 0 Å². The summed E-state index contributed by atoms with van der Waals surface area (Å²) in [7, 11) is 3.10. The zero-order valence-electron chi connectivity index (χ0n) is 19.6. The number of halogens is 3. The summed E-state index contributed by atoms with van der Waals surface area (Å²) >= 11 is 0. The molecule has 0 spiro atoms. The van der Waals surface area contributed by atoms with Crippen molar-refractivity contribution in [3.8, 4) is 11.5 Å². The second kappa shape index (κ2) is 11.0. The Balaban J connectivity index is 1.84. The van der Waals surface area contributed by atoms with Crippen LogP contribution in [0.3, 0.4) is 0 Å². The van der Waals surface area contributed by atoms with Gasteiger partial charge < -0.3 is 18.9 Å². The number of carbonyl (C=O) groups is 1. The fraction of sp³-hybridized carbons (Fsp3) is 0.423. The van der Waals surface area contributed by atoms with Crippen LogP contribution in [0.4, 0.5) is 13.2 Å². The quantitative estimate of drug-likeness (QED) is 0.356. The number of hydrogen-bond acceptors (Lipinski definition) is 5. The number of carbonyl (C=O) groups excluding carboxylic acids is 1. The van der Waals surface area contributed by atoms with E-state index in [0.29, 0.717) is 30.1 Å². The molecule has 5 nitrogen and oxygen atoms in total. The van der Waals surface area contributed by atoms with Crippen LogP contribution in [-0.4, -0.2) is 33.4 Å². The molecule has 0 unspecified atom stereocenters. The lowest BCUT2D eigenvalue weighted by molar-refractivity contribution is -0.141. The fourth-order valence-electron chi connectivity index (χ4n) is 4.06. The standard InChI is InChI=1S/C26H29F3O5/c1-5-16(2)25(30)34-15-21-19(12-17-6-9-20(10-7-17)26(27,28)29)14-33-24(21)18-8-11-22(31-3)23(13-18)32-4/h5-11,13,19,21,24H,12,14-15H2,1-4H3/b16-5-/t19-,21-,24+/m0/s1. The Morgan fingerprint density at radius 2 is 1.76 bits per heavy atom. The first-order chi connectivity index (χ1) is 16.2. The van der Waals surface area contributed by atoms with Crippen LogP contribution < -0.4 is 9.47 Å². The van der Waals surface area contributed by atoms with E-state index in [1.807, 2.05) is 12.1 Å². The lowest BCUT2D eigenvalue weighted by atomic mass is 9.84. The molecule has 3 rings (SSSR count). The maximum Gasteiger partial charge on any atom is 0.416 e. The van der Waals surface area contributed by atoms with E-state index in [1.54, 1.807) is 40.2 Å². The number of rotatable bonds is 8. The fourth-order valence-corrected chi connectivity index (χ4v) is 4.06. The molecule has 0 amide bonds. The number of esters is 1. The second-order valence-corrected chi connectivity index (χ2v) is 8.26. The van der Waals surface area contributed by atoms with Crippen LogP contribution in [0.1, 0.15) is 36.6 Å². The molecule has 34 heavy (non-hydrogen) atoms. The zero-order valence-corrected chi connectivity index (χ0v) is 19.6. The molecule has 1 saturated heterocycles. The van der Waals surface area contributed by atoms with Crippen LogP contribution in [-0.2, 0) is 26.9 Å². The van der Waals surface area contributed by atoms with Gasteiger partial charge in [0.05, 0.1) is 39.1 Å². The zero-order chi connectivity index (χ0) is 24.9. The van der Waals surface area contributed by atoms with Crippen molar-refractivity contribution in [2.24, 2.45) is 11.8 Å². The van der Waals surface area contributed by atoms with Crippen molar-refractivity contribution in [1.29, 1.82) is 0 Å². The maximum absolute atomic E-state index is 12.9. The third-order valence-electron chi connectivity index (χ3n) is 6.16. The summed E-state index contributed by atoms with van der Waals surface area (Å²) < 4.78 is 61.2. The summed E-state index contributed by atoms with van der Waals surface area (Å²) in [6.45, 7) is 3.94. The van der Waals surface area contributed by atoms with Gasteiger partial charge >= 0.3 is 12.1 Å². The molecule has 0 aliphatic carbocycles. The van der Waals surface area contributed by atoms with Crippen molar-refractivity contribution in [3.63, 3.8) is 0 Å². The number of benzene rings is 2. The van der Waals surface area contributed by atoms with E-state index in [-0.39, 0.29) is 24.5 Å². The van der Waals surface area contributed by atoms with Crippen LogP contribution in [0.25, 0.3) is 0 Å². The molecule has 1 heterocycles. The highest BCUT2D eigenvalue weighted by molar-refractivity contribution is 5.87. The molecule has 0 radical (unpaired) electrons. The van der Waals surface area contributed by atoms with Gasteiger partial charge in [0.25, 0.3) is 0 Å². The van der Waals surface area contributed by atoms with Gasteiger partial charge in [0, 0.05) is 11.5 Å². The largest absolute Gasteiger partial charge is 0.493 e. The minimum absolute atomic E-state index is 0.0615. The number of alkyl halides is 3. The van der Waals surface area contributed by atoms with Crippen molar-refractivity contribution in [3.05, 3.63) is 70.8 Å². The highest BCUT2D eigenvalue weighted by Crippen LogP contribution is 2.42. The van der Waals surface area contributed by atoms with Crippen LogP contribution in [0, 0.1) is 11.8 Å². The van der Waals surface area contributed by atoms with Crippen molar-refractivity contribution >= 4 is 5.97 Å². The normalized spacial score (nSPS) is 20.8. The van der Waals surface area contributed by atoms with E-state index in [1.165, 1.54) is 12.1 Å². The summed E-state index contributed by atoms with van der Waals surface area (Å²) in [5.41, 5.74) is 1.42. The second-order valence-electron chi connectivity index (χ2n) is 8.26. The highest BCUT2D eigenvalue weighted by Gasteiger charge is 2.39. The van der Waals surface area contributed by atoms with Gasteiger partial charge in [0.15, 0.2) is 11.5 Å². The smallest absolute Gasteiger partial charge is 0.416 e. The molecule has 3 atom stereocenters. The first-order valence-corrected chi connectivity index (χ1v) is 11.0. The first kappa shape index (κ1) is 25.6. The first-order valence-electron chi connectivity index (χ1n) is 11.0. The van der Waals surface area contributed by atoms with Crippen molar-refractivity contribution in [2.45, 2.75) is 32.5 Å². The Morgan fingerprint density at radius 1 is 1.09 bits per heavy atom. The Morgan fingerprint density at radius 3 is 2.35 bits per heavy atom. The van der Waals surface area contributed by atoms with E-state index < -0.39 is 17.7 Å². The van der Waals surface area contributed by atoms with Gasteiger partial charge in [-0.3, -0.25) is 0 Å².